The summed E-state index contributed by atoms with van der Waals surface area (Å²) in [5, 5.41) is 4.29. The van der Waals surface area contributed by atoms with Crippen LogP contribution in [0.1, 0.15) is 6.42 Å². The number of rotatable bonds is 8. The maximum Gasteiger partial charge on any atom is 0.226 e. The van der Waals surface area contributed by atoms with Crippen LogP contribution in [0.3, 0.4) is 0 Å². The molecule has 0 aliphatic heterocycles. The Labute approximate surface area is 205 Å². The van der Waals surface area contributed by atoms with E-state index in [4.69, 9.17) is 9.72 Å². The minimum absolute atomic E-state index is 0.0726. The summed E-state index contributed by atoms with van der Waals surface area (Å²) in [5.41, 5.74) is 4.85. The molecule has 0 atom stereocenters. The van der Waals surface area contributed by atoms with Gasteiger partial charge in [0, 0.05) is 23.3 Å². The van der Waals surface area contributed by atoms with Crippen LogP contribution in [0.5, 0.6) is 5.75 Å². The van der Waals surface area contributed by atoms with E-state index in [1.54, 1.807) is 7.11 Å². The molecule has 34 heavy (non-hydrogen) atoms. The topological polar surface area (TPSA) is 79.9 Å². The Balaban J connectivity index is 1.25. The predicted octanol–water partition coefficient (Wildman–Crippen LogP) is 6.48. The molecule has 3 aromatic carbocycles. The van der Waals surface area contributed by atoms with E-state index >= 15 is 0 Å². The molecule has 0 radical (unpaired) electrons. The Morgan fingerprint density at radius 3 is 2.47 bits per heavy atom. The average molecular weight is 487 g/mol. The van der Waals surface area contributed by atoms with Crippen LogP contribution in [0.25, 0.3) is 32.7 Å². The van der Waals surface area contributed by atoms with Gasteiger partial charge in [-0.2, -0.15) is 0 Å². The van der Waals surface area contributed by atoms with Crippen molar-refractivity contribution in [1.29, 1.82) is 0 Å². The van der Waals surface area contributed by atoms with Crippen molar-refractivity contribution >= 4 is 44.4 Å². The summed E-state index contributed by atoms with van der Waals surface area (Å²) in [6, 6.07) is 25.9. The lowest BCUT2D eigenvalue weighted by atomic mass is 10.1. The van der Waals surface area contributed by atoms with E-state index in [2.05, 4.69) is 39.6 Å². The molecule has 0 saturated carbocycles. The number of nitrogens with zero attached hydrogens (tertiary/aromatic N) is 2. The van der Waals surface area contributed by atoms with Gasteiger partial charge in [0.2, 0.25) is 5.91 Å². The Hall–Kier alpha value is -3.62. The van der Waals surface area contributed by atoms with Crippen molar-refractivity contribution in [3.05, 3.63) is 78.9 Å². The van der Waals surface area contributed by atoms with Crippen LogP contribution in [0.15, 0.2) is 84.0 Å². The van der Waals surface area contributed by atoms with E-state index in [1.807, 2.05) is 54.6 Å². The summed E-state index contributed by atoms with van der Waals surface area (Å²) in [7, 11) is 1.63. The van der Waals surface area contributed by atoms with Crippen LogP contribution >= 0.6 is 23.1 Å². The molecule has 2 N–H and O–H groups in total. The Morgan fingerprint density at radius 2 is 1.74 bits per heavy atom. The molecule has 5 aromatic rings. The molecular formula is C26H22N4O2S2. The quantitative estimate of drug-likeness (QED) is 0.245. The SMILES string of the molecule is COc1ccc2nc(NC(=O)CCSc3nc(-c4ccccc4)c(-c4ccccc4)[nH]3)sc2c1. The number of hydrogen-bond donors (Lipinski definition) is 2. The first-order valence-electron chi connectivity index (χ1n) is 10.8. The summed E-state index contributed by atoms with van der Waals surface area (Å²) >= 11 is 2.97. The first kappa shape index (κ1) is 22.2. The van der Waals surface area contributed by atoms with Gasteiger partial charge in [0.05, 0.1) is 28.7 Å². The third kappa shape index (κ3) is 4.98. The fourth-order valence-corrected chi connectivity index (χ4v) is 5.27. The second kappa shape index (κ2) is 10.1. The van der Waals surface area contributed by atoms with E-state index in [-0.39, 0.29) is 5.91 Å². The highest BCUT2D eigenvalue weighted by atomic mass is 32.2. The molecule has 0 fully saturated rings. The number of aromatic amines is 1. The van der Waals surface area contributed by atoms with Crippen LogP contribution in [-0.4, -0.2) is 33.7 Å². The predicted molar refractivity (Wildman–Crippen MR) is 140 cm³/mol. The zero-order valence-electron chi connectivity index (χ0n) is 18.4. The van der Waals surface area contributed by atoms with Crippen LogP contribution < -0.4 is 10.1 Å². The smallest absolute Gasteiger partial charge is 0.226 e. The Morgan fingerprint density at radius 1 is 1.00 bits per heavy atom. The molecule has 0 saturated heterocycles. The van der Waals surface area contributed by atoms with Crippen LogP contribution in [0, 0.1) is 0 Å². The number of methoxy groups -OCH3 is 1. The van der Waals surface area contributed by atoms with Gasteiger partial charge in [0.15, 0.2) is 10.3 Å². The van der Waals surface area contributed by atoms with Crippen LogP contribution in [-0.2, 0) is 4.79 Å². The van der Waals surface area contributed by atoms with Gasteiger partial charge in [-0.25, -0.2) is 9.97 Å². The molecule has 0 aliphatic carbocycles. The van der Waals surface area contributed by atoms with Gasteiger partial charge in [0.1, 0.15) is 5.75 Å². The van der Waals surface area contributed by atoms with E-state index in [9.17, 15) is 4.79 Å². The van der Waals surface area contributed by atoms with Gasteiger partial charge < -0.3 is 15.0 Å². The van der Waals surface area contributed by atoms with Crippen LogP contribution in [0.4, 0.5) is 5.13 Å². The molecular weight excluding hydrogens is 464 g/mol. The van der Waals surface area contributed by atoms with Crippen molar-refractivity contribution in [2.45, 2.75) is 11.6 Å². The van der Waals surface area contributed by atoms with E-state index < -0.39 is 0 Å². The summed E-state index contributed by atoms with van der Waals surface area (Å²) in [6.45, 7) is 0. The second-order valence-corrected chi connectivity index (χ2v) is 9.61. The minimum atomic E-state index is -0.0726. The minimum Gasteiger partial charge on any atom is -0.497 e. The van der Waals surface area contributed by atoms with Crippen LogP contribution in [0.2, 0.25) is 0 Å². The van der Waals surface area contributed by atoms with Crippen molar-refractivity contribution in [2.75, 3.05) is 18.2 Å². The van der Waals surface area contributed by atoms with E-state index in [0.29, 0.717) is 17.3 Å². The number of H-pyrrole nitrogens is 1. The van der Waals surface area contributed by atoms with Crippen molar-refractivity contribution in [3.8, 4) is 28.3 Å². The molecule has 0 spiro atoms. The first-order chi connectivity index (χ1) is 16.7. The Kier molecular flexibility index (Phi) is 6.60. The van der Waals surface area contributed by atoms with Gasteiger partial charge in [0.25, 0.3) is 0 Å². The lowest BCUT2D eigenvalue weighted by molar-refractivity contribution is -0.115. The van der Waals surface area contributed by atoms with Gasteiger partial charge in [-0.15, -0.1) is 0 Å². The molecule has 0 unspecified atom stereocenters. The largest absolute Gasteiger partial charge is 0.497 e. The number of fused-ring (bicyclic) bond motifs is 1. The molecule has 8 heteroatoms. The number of carbonyl (C=O) groups excluding carboxylic acids is 1. The number of benzene rings is 3. The number of ether oxygens (including phenoxy) is 1. The number of anilines is 1. The second-order valence-electron chi connectivity index (χ2n) is 7.50. The fourth-order valence-electron chi connectivity index (χ4n) is 3.55. The lowest BCUT2D eigenvalue weighted by Gasteiger charge is -2.02. The lowest BCUT2D eigenvalue weighted by Crippen LogP contribution is -2.11. The molecule has 2 heterocycles. The molecule has 1 amide bonds. The number of nitrogens with one attached hydrogen (secondary N) is 2. The monoisotopic (exact) mass is 486 g/mol. The number of carbonyl (C=O) groups is 1. The molecule has 2 aromatic heterocycles. The number of imidazole rings is 1. The standard InChI is InChI=1S/C26H22N4O2S2/c1-32-19-12-13-20-21(16-19)34-26(27-20)28-22(31)14-15-33-25-29-23(17-8-4-2-5-9-17)24(30-25)18-10-6-3-7-11-18/h2-13,16H,14-15H2,1H3,(H,29,30)(H,27,28,31). The number of thiazole rings is 1. The highest BCUT2D eigenvalue weighted by Crippen LogP contribution is 2.33. The first-order valence-corrected chi connectivity index (χ1v) is 12.6. The van der Waals surface area contributed by atoms with Crippen molar-refractivity contribution in [1.82, 2.24) is 15.0 Å². The van der Waals surface area contributed by atoms with Gasteiger partial charge in [-0.1, -0.05) is 83.8 Å². The highest BCUT2D eigenvalue weighted by molar-refractivity contribution is 7.99. The zero-order valence-corrected chi connectivity index (χ0v) is 20.1. The number of hydrogen-bond acceptors (Lipinski definition) is 6. The summed E-state index contributed by atoms with van der Waals surface area (Å²) in [5.74, 6) is 1.30. The Bertz CT molecular complexity index is 1360. The summed E-state index contributed by atoms with van der Waals surface area (Å²) < 4.78 is 6.23. The molecule has 0 aliphatic rings. The van der Waals surface area contributed by atoms with Crippen molar-refractivity contribution in [2.24, 2.45) is 0 Å². The van der Waals surface area contributed by atoms with Gasteiger partial charge >= 0.3 is 0 Å². The third-order valence-electron chi connectivity index (χ3n) is 5.20. The average Bonchev–Trinajstić information content (AvgIpc) is 3.48. The maximum atomic E-state index is 12.5. The zero-order chi connectivity index (χ0) is 23.3. The molecule has 170 valence electrons. The summed E-state index contributed by atoms with van der Waals surface area (Å²) in [6.07, 6.45) is 0.353. The number of thioether (sulfide) groups is 1. The van der Waals surface area contributed by atoms with Gasteiger partial charge in [-0.3, -0.25) is 4.79 Å². The molecule has 6 nitrogen and oxygen atoms in total. The van der Waals surface area contributed by atoms with Crippen molar-refractivity contribution < 1.29 is 9.53 Å². The molecule has 0 bridgehead atoms. The third-order valence-corrected chi connectivity index (χ3v) is 7.01. The van der Waals surface area contributed by atoms with E-state index in [0.717, 1.165) is 43.6 Å². The number of aromatic nitrogens is 3. The van der Waals surface area contributed by atoms with Crippen molar-refractivity contribution in [3.63, 3.8) is 0 Å². The number of amides is 1. The fraction of sp³-hybridized carbons (Fsp3) is 0.115. The molecule has 5 rings (SSSR count). The van der Waals surface area contributed by atoms with E-state index in [1.165, 1.54) is 23.1 Å². The summed E-state index contributed by atoms with van der Waals surface area (Å²) in [4.78, 5) is 25.3. The van der Waals surface area contributed by atoms with Gasteiger partial charge in [-0.05, 0) is 18.2 Å². The normalized spacial score (nSPS) is 11.0. The highest BCUT2D eigenvalue weighted by Gasteiger charge is 2.15. The maximum absolute atomic E-state index is 12.5.